The number of para-hydroxylation sites is 1. The number of nitrogens with zero attached hydrogens (tertiary/aromatic N) is 3. The molecule has 3 heteroatoms. The maximum Gasteiger partial charge on any atom is 0.160 e. The standard InChI is InChI=1S/C67H43N3/c1-3-14-44(15-4-1)47-26-33-50(34-27-47)63-43-64(70-67(69-63)52-37-30-48(31-38-52)45-16-5-2-6-17-45)51-35-28-49(29-36-51)54-20-13-21-55(40-54)60-42-61-65(58-23-10-9-22-57(58)60)59-24-11-12-25-62(59)68-66(61)56-39-32-46-18-7-8-19-53(46)41-56/h1-43H. The molecule has 0 aliphatic rings. The van der Waals surface area contributed by atoms with Crippen molar-refractivity contribution >= 4 is 43.2 Å². The molecule has 11 aromatic carbocycles. The molecule has 0 N–H and O–H groups in total. The van der Waals surface area contributed by atoms with Crippen LogP contribution in [0, 0.1) is 0 Å². The summed E-state index contributed by atoms with van der Waals surface area (Å²) in [5, 5.41) is 8.37. The SMILES string of the molecule is c1ccc(-c2ccc(-c3cc(-c4ccc(-c5cccc(-c6cc7c(-c8ccc9ccccc9c8)nc8ccccc8c7c7ccccc67)c5)cc4)nc(-c4ccc(-c5ccccc5)cc4)n3)cc2)cc1. The van der Waals surface area contributed by atoms with Gasteiger partial charge in [0.1, 0.15) is 0 Å². The lowest BCUT2D eigenvalue weighted by atomic mass is 9.89. The zero-order chi connectivity index (χ0) is 46.4. The fraction of sp³-hybridized carbons (Fsp3) is 0. The molecule has 0 saturated carbocycles. The van der Waals surface area contributed by atoms with Gasteiger partial charge < -0.3 is 0 Å². The van der Waals surface area contributed by atoms with Gasteiger partial charge in [0.05, 0.1) is 22.6 Å². The van der Waals surface area contributed by atoms with Gasteiger partial charge in [0.2, 0.25) is 0 Å². The largest absolute Gasteiger partial charge is 0.247 e. The summed E-state index contributed by atoms with van der Waals surface area (Å²) in [7, 11) is 0. The van der Waals surface area contributed by atoms with Gasteiger partial charge in [0.15, 0.2) is 5.82 Å². The van der Waals surface area contributed by atoms with Gasteiger partial charge in [-0.3, -0.25) is 0 Å². The average molecular weight is 890 g/mol. The van der Waals surface area contributed by atoms with Crippen LogP contribution in [0.1, 0.15) is 0 Å². The van der Waals surface area contributed by atoms with E-state index in [1.54, 1.807) is 0 Å². The second kappa shape index (κ2) is 17.4. The van der Waals surface area contributed by atoms with Crippen LogP contribution in [-0.4, -0.2) is 15.0 Å². The molecule has 13 rings (SSSR count). The van der Waals surface area contributed by atoms with Crippen LogP contribution in [0.25, 0.3) is 133 Å². The number of rotatable bonds is 8. The van der Waals surface area contributed by atoms with E-state index in [-0.39, 0.29) is 0 Å². The fourth-order valence-electron chi connectivity index (χ4n) is 10.1. The second-order valence-electron chi connectivity index (χ2n) is 17.9. The van der Waals surface area contributed by atoms with Gasteiger partial charge in [-0.2, -0.15) is 0 Å². The van der Waals surface area contributed by atoms with E-state index in [2.05, 4.69) is 249 Å². The first kappa shape index (κ1) is 40.9. The van der Waals surface area contributed by atoms with E-state index in [4.69, 9.17) is 15.0 Å². The molecule has 0 atom stereocenters. The van der Waals surface area contributed by atoms with Crippen molar-refractivity contribution in [2.24, 2.45) is 0 Å². The highest BCUT2D eigenvalue weighted by Gasteiger charge is 2.18. The van der Waals surface area contributed by atoms with Crippen molar-refractivity contribution in [1.29, 1.82) is 0 Å². The Morgan fingerprint density at radius 2 is 0.700 bits per heavy atom. The Hall–Kier alpha value is -9.31. The molecule has 2 heterocycles. The minimum Gasteiger partial charge on any atom is -0.247 e. The van der Waals surface area contributed by atoms with Gasteiger partial charge in [-0.1, -0.05) is 231 Å². The Labute approximate surface area is 406 Å². The zero-order valence-electron chi connectivity index (χ0n) is 38.2. The average Bonchev–Trinajstić information content (AvgIpc) is 3.45. The van der Waals surface area contributed by atoms with Gasteiger partial charge in [-0.05, 0) is 96.4 Å². The molecule has 2 aromatic heterocycles. The van der Waals surface area contributed by atoms with Gasteiger partial charge in [0, 0.05) is 38.4 Å². The number of hydrogen-bond acceptors (Lipinski definition) is 3. The molecule has 0 bridgehead atoms. The van der Waals surface area contributed by atoms with E-state index in [0.717, 1.165) is 77.9 Å². The van der Waals surface area contributed by atoms with E-state index >= 15 is 0 Å². The van der Waals surface area contributed by atoms with Crippen molar-refractivity contribution in [2.75, 3.05) is 0 Å². The van der Waals surface area contributed by atoms with E-state index in [9.17, 15) is 0 Å². The summed E-state index contributed by atoms with van der Waals surface area (Å²) in [5.41, 5.74) is 17.1. The van der Waals surface area contributed by atoms with Crippen molar-refractivity contribution < 1.29 is 0 Å². The van der Waals surface area contributed by atoms with Crippen LogP contribution in [0.3, 0.4) is 0 Å². The Morgan fingerprint density at radius 3 is 1.36 bits per heavy atom. The molecule has 0 aliphatic heterocycles. The first-order chi connectivity index (χ1) is 34.7. The van der Waals surface area contributed by atoms with Crippen LogP contribution in [-0.2, 0) is 0 Å². The van der Waals surface area contributed by atoms with Crippen molar-refractivity contribution in [3.8, 4) is 89.7 Å². The van der Waals surface area contributed by atoms with Crippen LogP contribution < -0.4 is 0 Å². The first-order valence-electron chi connectivity index (χ1n) is 23.8. The molecule has 326 valence electrons. The lowest BCUT2D eigenvalue weighted by molar-refractivity contribution is 1.18. The third-order valence-electron chi connectivity index (χ3n) is 13.7. The van der Waals surface area contributed by atoms with Crippen LogP contribution in [0.5, 0.6) is 0 Å². The molecule has 0 spiro atoms. The van der Waals surface area contributed by atoms with E-state index < -0.39 is 0 Å². The number of fused-ring (bicyclic) bond motifs is 6. The van der Waals surface area contributed by atoms with Crippen LogP contribution in [0.15, 0.2) is 261 Å². The van der Waals surface area contributed by atoms with E-state index in [1.807, 2.05) is 12.1 Å². The fourth-order valence-corrected chi connectivity index (χ4v) is 10.1. The molecule has 0 radical (unpaired) electrons. The van der Waals surface area contributed by atoms with Crippen LogP contribution in [0.2, 0.25) is 0 Å². The Kier molecular flexibility index (Phi) is 10.2. The summed E-state index contributed by atoms with van der Waals surface area (Å²) in [5.74, 6) is 0.686. The molecular formula is C67H43N3. The maximum absolute atomic E-state index is 5.39. The minimum atomic E-state index is 0.686. The quantitative estimate of drug-likeness (QED) is 0.143. The van der Waals surface area contributed by atoms with Gasteiger partial charge in [-0.25, -0.2) is 15.0 Å². The lowest BCUT2D eigenvalue weighted by Gasteiger charge is -2.17. The molecule has 0 saturated heterocycles. The smallest absolute Gasteiger partial charge is 0.160 e. The molecule has 0 fully saturated rings. The summed E-state index contributed by atoms with van der Waals surface area (Å²) in [6.45, 7) is 0. The topological polar surface area (TPSA) is 38.7 Å². The van der Waals surface area contributed by atoms with Crippen molar-refractivity contribution in [3.05, 3.63) is 261 Å². The summed E-state index contributed by atoms with van der Waals surface area (Å²) < 4.78 is 0. The third kappa shape index (κ3) is 7.56. The van der Waals surface area contributed by atoms with Gasteiger partial charge in [0.25, 0.3) is 0 Å². The summed E-state index contributed by atoms with van der Waals surface area (Å²) in [6, 6.07) is 93.0. The molecule has 70 heavy (non-hydrogen) atoms. The van der Waals surface area contributed by atoms with E-state index in [0.29, 0.717) is 5.82 Å². The predicted molar refractivity (Wildman–Crippen MR) is 293 cm³/mol. The predicted octanol–water partition coefficient (Wildman–Crippen LogP) is 17.8. The summed E-state index contributed by atoms with van der Waals surface area (Å²) in [4.78, 5) is 15.8. The van der Waals surface area contributed by atoms with Crippen molar-refractivity contribution in [1.82, 2.24) is 15.0 Å². The zero-order valence-corrected chi connectivity index (χ0v) is 38.2. The van der Waals surface area contributed by atoms with Crippen LogP contribution in [0.4, 0.5) is 0 Å². The van der Waals surface area contributed by atoms with E-state index in [1.165, 1.54) is 49.2 Å². The maximum atomic E-state index is 5.39. The second-order valence-corrected chi connectivity index (χ2v) is 17.9. The van der Waals surface area contributed by atoms with Crippen molar-refractivity contribution in [3.63, 3.8) is 0 Å². The van der Waals surface area contributed by atoms with Crippen molar-refractivity contribution in [2.45, 2.75) is 0 Å². The molecular weight excluding hydrogens is 847 g/mol. The molecule has 3 nitrogen and oxygen atoms in total. The van der Waals surface area contributed by atoms with Gasteiger partial charge in [-0.15, -0.1) is 0 Å². The Morgan fingerprint density at radius 1 is 0.229 bits per heavy atom. The molecule has 13 aromatic rings. The Balaban J connectivity index is 0.893. The number of aromatic nitrogens is 3. The number of hydrogen-bond donors (Lipinski definition) is 0. The minimum absolute atomic E-state index is 0.686. The van der Waals surface area contributed by atoms with Gasteiger partial charge >= 0.3 is 0 Å². The van der Waals surface area contributed by atoms with Crippen LogP contribution >= 0.6 is 0 Å². The molecule has 0 amide bonds. The molecule has 0 aliphatic carbocycles. The highest BCUT2D eigenvalue weighted by atomic mass is 14.9. The first-order valence-corrected chi connectivity index (χ1v) is 23.8. The number of pyridine rings is 1. The third-order valence-corrected chi connectivity index (χ3v) is 13.7. The Bertz CT molecular complexity index is 3970. The highest BCUT2D eigenvalue weighted by molar-refractivity contribution is 6.25. The normalized spacial score (nSPS) is 11.4. The highest BCUT2D eigenvalue weighted by Crippen LogP contribution is 2.43. The number of benzene rings is 11. The summed E-state index contributed by atoms with van der Waals surface area (Å²) in [6.07, 6.45) is 0. The summed E-state index contributed by atoms with van der Waals surface area (Å²) >= 11 is 0. The monoisotopic (exact) mass is 889 g/mol. The lowest BCUT2D eigenvalue weighted by Crippen LogP contribution is -1.96. The molecule has 0 unspecified atom stereocenters.